The van der Waals surface area contributed by atoms with Crippen LogP contribution in [0.1, 0.15) is 29.6 Å². The number of carbonyl (C=O) groups excluding carboxylic acids is 2. The Bertz CT molecular complexity index is 948. The van der Waals surface area contributed by atoms with Crippen LogP contribution >= 0.6 is 35.3 Å². The van der Waals surface area contributed by atoms with Gasteiger partial charge in [-0.15, -0.1) is 11.8 Å². The molecule has 4 rings (SSSR count). The number of halogens is 1. The molecule has 1 saturated heterocycles. The fourth-order valence-corrected chi connectivity index (χ4v) is 5.62. The minimum Gasteiger partial charge on any atom is -0.322 e. The largest absolute Gasteiger partial charge is 0.322 e. The zero-order valence-electron chi connectivity index (χ0n) is 16.1. The Labute approximate surface area is 184 Å². The third-order valence-corrected chi connectivity index (χ3v) is 7.69. The van der Waals surface area contributed by atoms with E-state index < -0.39 is 0 Å². The fourth-order valence-electron chi connectivity index (χ4n) is 3.36. The van der Waals surface area contributed by atoms with Gasteiger partial charge in [0.25, 0.3) is 5.91 Å². The zero-order valence-corrected chi connectivity index (χ0v) is 18.5. The molecule has 29 heavy (non-hydrogen) atoms. The molecule has 8 heteroatoms. The van der Waals surface area contributed by atoms with Gasteiger partial charge in [0.1, 0.15) is 0 Å². The third-order valence-electron chi connectivity index (χ3n) is 5.04. The molecule has 2 heterocycles. The van der Waals surface area contributed by atoms with Crippen LogP contribution in [0.15, 0.2) is 46.2 Å². The summed E-state index contributed by atoms with van der Waals surface area (Å²) >= 11 is 9.64. The highest BCUT2D eigenvalue weighted by Crippen LogP contribution is 2.36. The van der Waals surface area contributed by atoms with Crippen LogP contribution < -0.4 is 10.2 Å². The van der Waals surface area contributed by atoms with Crippen molar-refractivity contribution in [2.75, 3.05) is 36.1 Å². The van der Waals surface area contributed by atoms with Crippen molar-refractivity contribution < 1.29 is 9.59 Å². The van der Waals surface area contributed by atoms with E-state index in [1.807, 2.05) is 18.2 Å². The fraction of sp³-hybridized carbons (Fsp3) is 0.333. The summed E-state index contributed by atoms with van der Waals surface area (Å²) in [5.74, 6) is 0.236. The first-order valence-corrected chi connectivity index (χ1v) is 11.7. The summed E-state index contributed by atoms with van der Waals surface area (Å²) in [5.41, 5.74) is 1.93. The molecule has 2 aromatic carbocycles. The summed E-state index contributed by atoms with van der Waals surface area (Å²) < 4.78 is 2.34. The van der Waals surface area contributed by atoms with Crippen LogP contribution in [0.3, 0.4) is 0 Å². The molecule has 5 nitrogen and oxygen atoms in total. The lowest BCUT2D eigenvalue weighted by Crippen LogP contribution is -2.31. The topological polar surface area (TPSA) is 52.7 Å². The quantitative estimate of drug-likeness (QED) is 0.656. The Kier molecular flexibility index (Phi) is 6.39. The number of thioether (sulfide) groups is 1. The van der Waals surface area contributed by atoms with E-state index in [0.717, 1.165) is 28.6 Å². The average molecular weight is 448 g/mol. The van der Waals surface area contributed by atoms with E-state index in [-0.39, 0.29) is 11.8 Å². The first-order valence-electron chi connectivity index (χ1n) is 9.58. The van der Waals surface area contributed by atoms with E-state index in [2.05, 4.69) is 9.62 Å². The Morgan fingerprint density at radius 3 is 2.69 bits per heavy atom. The molecular formula is C21H22ClN3O2S2. The molecule has 0 radical (unpaired) electrons. The number of piperidine rings is 1. The molecule has 0 unspecified atom stereocenters. The van der Waals surface area contributed by atoms with Crippen molar-refractivity contribution in [2.24, 2.45) is 0 Å². The van der Waals surface area contributed by atoms with Crippen LogP contribution in [0.5, 0.6) is 0 Å². The van der Waals surface area contributed by atoms with Gasteiger partial charge in [0.2, 0.25) is 5.91 Å². The second-order valence-electron chi connectivity index (χ2n) is 7.10. The summed E-state index contributed by atoms with van der Waals surface area (Å²) in [6.07, 6.45) is 3.73. The van der Waals surface area contributed by atoms with Crippen LogP contribution in [-0.2, 0) is 4.79 Å². The summed E-state index contributed by atoms with van der Waals surface area (Å²) in [6, 6.07) is 11.1. The molecule has 0 spiro atoms. The number of carbonyl (C=O) groups is 2. The number of amides is 2. The molecule has 152 valence electrons. The minimum absolute atomic E-state index is 0.0358. The normalized spacial score (nSPS) is 17.2. The van der Waals surface area contributed by atoms with Gasteiger partial charge in [-0.05, 0) is 61.2 Å². The molecule has 0 aromatic heterocycles. The molecule has 2 aliphatic heterocycles. The van der Waals surface area contributed by atoms with Gasteiger partial charge in [-0.1, -0.05) is 18.0 Å². The SMILES string of the molecule is CN1C(=O)CSc2ccc(C(=O)Nc3ccc(SN4CCCCC4)c(Cl)c3)cc21. The van der Waals surface area contributed by atoms with Crippen molar-refractivity contribution in [3.8, 4) is 0 Å². The van der Waals surface area contributed by atoms with Crippen LogP contribution in [0.25, 0.3) is 0 Å². The summed E-state index contributed by atoms with van der Waals surface area (Å²) in [5, 5.41) is 3.54. The van der Waals surface area contributed by atoms with Crippen LogP contribution in [-0.4, -0.2) is 42.0 Å². The van der Waals surface area contributed by atoms with Crippen molar-refractivity contribution >= 4 is 58.5 Å². The number of rotatable bonds is 4. The predicted octanol–water partition coefficient (Wildman–Crippen LogP) is 5.15. The smallest absolute Gasteiger partial charge is 0.255 e. The van der Waals surface area contributed by atoms with Gasteiger partial charge in [-0.25, -0.2) is 4.31 Å². The van der Waals surface area contributed by atoms with Gasteiger partial charge in [-0.3, -0.25) is 9.59 Å². The van der Waals surface area contributed by atoms with E-state index in [1.165, 1.54) is 31.0 Å². The predicted molar refractivity (Wildman–Crippen MR) is 121 cm³/mol. The molecule has 0 bridgehead atoms. The lowest BCUT2D eigenvalue weighted by atomic mass is 10.1. The third kappa shape index (κ3) is 4.74. The number of hydrogen-bond acceptors (Lipinski definition) is 5. The van der Waals surface area contributed by atoms with E-state index in [0.29, 0.717) is 22.0 Å². The van der Waals surface area contributed by atoms with Gasteiger partial charge >= 0.3 is 0 Å². The molecule has 2 aromatic rings. The van der Waals surface area contributed by atoms with E-state index >= 15 is 0 Å². The van der Waals surface area contributed by atoms with Crippen LogP contribution in [0.2, 0.25) is 5.02 Å². The number of nitrogens with one attached hydrogen (secondary N) is 1. The summed E-state index contributed by atoms with van der Waals surface area (Å²) in [7, 11) is 1.74. The number of benzene rings is 2. The van der Waals surface area contributed by atoms with Crippen molar-refractivity contribution in [3.63, 3.8) is 0 Å². The van der Waals surface area contributed by atoms with Gasteiger partial charge in [0.05, 0.1) is 16.5 Å². The van der Waals surface area contributed by atoms with Gasteiger partial charge in [0, 0.05) is 41.2 Å². The molecule has 1 N–H and O–H groups in total. The van der Waals surface area contributed by atoms with Crippen LogP contribution in [0, 0.1) is 0 Å². The molecule has 0 saturated carbocycles. The molecule has 2 aliphatic rings. The molecule has 2 amide bonds. The first-order chi connectivity index (χ1) is 14.0. The molecular weight excluding hydrogens is 426 g/mol. The molecule has 1 fully saturated rings. The maximum absolute atomic E-state index is 12.7. The maximum atomic E-state index is 12.7. The van der Waals surface area contributed by atoms with Crippen molar-refractivity contribution in [2.45, 2.75) is 29.1 Å². The van der Waals surface area contributed by atoms with Gasteiger partial charge in [-0.2, -0.15) is 0 Å². The maximum Gasteiger partial charge on any atom is 0.255 e. The van der Waals surface area contributed by atoms with Gasteiger partial charge in [0.15, 0.2) is 0 Å². The highest BCUT2D eigenvalue weighted by atomic mass is 35.5. The van der Waals surface area contributed by atoms with E-state index in [1.54, 1.807) is 42.1 Å². The second-order valence-corrected chi connectivity index (χ2v) is 9.67. The first kappa shape index (κ1) is 20.6. The van der Waals surface area contributed by atoms with Gasteiger partial charge < -0.3 is 10.2 Å². The van der Waals surface area contributed by atoms with Crippen LogP contribution in [0.4, 0.5) is 11.4 Å². The van der Waals surface area contributed by atoms with Crippen molar-refractivity contribution in [1.29, 1.82) is 0 Å². The van der Waals surface area contributed by atoms with Crippen molar-refractivity contribution in [1.82, 2.24) is 4.31 Å². The standard InChI is InChI=1S/C21H22ClN3O2S2/c1-24-17-11-14(5-7-19(17)28-13-20(24)26)21(27)23-15-6-8-18(16(22)12-15)29-25-9-3-2-4-10-25/h5-8,11-12H,2-4,9-10,13H2,1H3,(H,23,27). The lowest BCUT2D eigenvalue weighted by molar-refractivity contribution is -0.116. The Morgan fingerprint density at radius 1 is 1.14 bits per heavy atom. The average Bonchev–Trinajstić information content (AvgIpc) is 2.73. The Balaban J connectivity index is 1.46. The Hall–Kier alpha value is -1.67. The Morgan fingerprint density at radius 2 is 1.93 bits per heavy atom. The number of hydrogen-bond donors (Lipinski definition) is 1. The molecule has 0 aliphatic carbocycles. The second kappa shape index (κ2) is 9.00. The minimum atomic E-state index is -0.225. The zero-order chi connectivity index (χ0) is 20.4. The van der Waals surface area contributed by atoms with E-state index in [9.17, 15) is 9.59 Å². The summed E-state index contributed by atoms with van der Waals surface area (Å²) in [6.45, 7) is 2.15. The number of anilines is 2. The van der Waals surface area contributed by atoms with E-state index in [4.69, 9.17) is 11.6 Å². The van der Waals surface area contributed by atoms with Crippen molar-refractivity contribution in [3.05, 3.63) is 47.0 Å². The number of fused-ring (bicyclic) bond motifs is 1. The highest BCUT2D eigenvalue weighted by Gasteiger charge is 2.23. The monoisotopic (exact) mass is 447 g/mol. The summed E-state index contributed by atoms with van der Waals surface area (Å²) in [4.78, 5) is 28.3. The lowest BCUT2D eigenvalue weighted by Gasteiger charge is -2.25. The highest BCUT2D eigenvalue weighted by molar-refractivity contribution is 8.00. The number of nitrogens with zero attached hydrogens (tertiary/aromatic N) is 2. The molecule has 0 atom stereocenters.